The molecule has 0 heterocycles. The van der Waals surface area contributed by atoms with Crippen molar-refractivity contribution in [2.75, 3.05) is 6.54 Å². The number of thiol groups is 1. The lowest BCUT2D eigenvalue weighted by molar-refractivity contribution is -0.153. The molecule has 0 aromatic heterocycles. The largest absolute Gasteiger partial charge is 0.508 e. The zero-order chi connectivity index (χ0) is 32.5. The van der Waals surface area contributed by atoms with Crippen molar-refractivity contribution in [3.8, 4) is 5.75 Å². The van der Waals surface area contributed by atoms with Crippen LogP contribution in [0.2, 0.25) is 0 Å². The number of carboxylic acids is 1. The van der Waals surface area contributed by atoms with Crippen LogP contribution in [0.4, 0.5) is 0 Å². The number of aliphatic carboxylic acids is 1. The first kappa shape index (κ1) is 35.3. The summed E-state index contributed by atoms with van der Waals surface area (Å²) in [7, 11) is 0. The predicted molar refractivity (Wildman–Crippen MR) is 164 cm³/mol. The van der Waals surface area contributed by atoms with Crippen molar-refractivity contribution in [2.24, 2.45) is 17.4 Å². The van der Waals surface area contributed by atoms with Gasteiger partial charge in [-0.1, -0.05) is 56.3 Å². The van der Waals surface area contributed by atoms with Gasteiger partial charge < -0.3 is 32.3 Å². The van der Waals surface area contributed by atoms with E-state index in [0.717, 1.165) is 0 Å². The number of phenolic OH excluding ortho intramolecular Hbond substituents is 1. The predicted octanol–water partition coefficient (Wildman–Crippen LogP) is 0.606. The lowest BCUT2D eigenvalue weighted by Gasteiger charge is -2.33. The van der Waals surface area contributed by atoms with Crippen molar-refractivity contribution in [3.63, 3.8) is 0 Å². The number of hydrogen-bond acceptors (Lipinski definition) is 9. The minimum atomic E-state index is -1.51. The van der Waals surface area contributed by atoms with Crippen molar-refractivity contribution in [1.82, 2.24) is 15.5 Å². The van der Waals surface area contributed by atoms with E-state index >= 15 is 0 Å². The first-order chi connectivity index (χ1) is 20.0. The highest BCUT2D eigenvalue weighted by Gasteiger charge is 2.39. The van der Waals surface area contributed by atoms with Crippen molar-refractivity contribution in [2.45, 2.75) is 69.5 Å². The zero-order valence-electron chi connectivity index (χ0n) is 24.7. The Morgan fingerprint density at radius 3 is 1.98 bits per heavy atom. The number of aromatic hydroxyl groups is 1. The Labute approximate surface area is 256 Å². The van der Waals surface area contributed by atoms with Gasteiger partial charge in [-0.15, -0.1) is 0 Å². The Morgan fingerprint density at radius 2 is 1.47 bits per heavy atom. The van der Waals surface area contributed by atoms with E-state index in [9.17, 15) is 34.2 Å². The molecule has 0 saturated heterocycles. The van der Waals surface area contributed by atoms with Gasteiger partial charge in [-0.25, -0.2) is 4.79 Å². The van der Waals surface area contributed by atoms with Crippen LogP contribution in [0.25, 0.3) is 0 Å². The number of benzene rings is 2. The number of amides is 4. The van der Waals surface area contributed by atoms with E-state index < -0.39 is 71.0 Å². The van der Waals surface area contributed by atoms with Crippen molar-refractivity contribution >= 4 is 42.2 Å². The highest BCUT2D eigenvalue weighted by molar-refractivity contribution is 7.81. The number of rotatable bonds is 14. The molecule has 0 bridgehead atoms. The Kier molecular flexibility index (Phi) is 12.7. The van der Waals surface area contributed by atoms with Gasteiger partial charge in [0, 0.05) is 11.2 Å². The number of carbonyl (C=O) groups excluding carboxylic acids is 4. The summed E-state index contributed by atoms with van der Waals surface area (Å²) >= 11 is 4.30. The molecule has 2 rings (SSSR count). The van der Waals surface area contributed by atoms with Crippen LogP contribution >= 0.6 is 12.6 Å². The van der Waals surface area contributed by atoms with Gasteiger partial charge in [0.15, 0.2) is 0 Å². The number of phenols is 1. The highest BCUT2D eigenvalue weighted by atomic mass is 32.1. The molecule has 12 nitrogen and oxygen atoms in total. The van der Waals surface area contributed by atoms with Crippen LogP contribution in [0.5, 0.6) is 5.75 Å². The molecule has 0 radical (unpaired) electrons. The quantitative estimate of drug-likeness (QED) is 0.148. The highest BCUT2D eigenvalue weighted by Crippen LogP contribution is 2.18. The van der Waals surface area contributed by atoms with Crippen LogP contribution in [-0.4, -0.2) is 80.2 Å². The summed E-state index contributed by atoms with van der Waals surface area (Å²) in [6.45, 7) is 5.75. The first-order valence-electron chi connectivity index (χ1n) is 13.7. The second kappa shape index (κ2) is 15.5. The Hall–Kier alpha value is -3.94. The second-order valence-corrected chi connectivity index (χ2v) is 12.4. The summed E-state index contributed by atoms with van der Waals surface area (Å²) in [6, 6.07) is 9.28. The maximum atomic E-state index is 13.9. The third kappa shape index (κ3) is 10.4. The van der Waals surface area contributed by atoms with E-state index in [0.29, 0.717) is 16.0 Å². The molecule has 4 unspecified atom stereocenters. The number of hydrogen-bond donors (Lipinski definition) is 7. The van der Waals surface area contributed by atoms with Gasteiger partial charge in [-0.05, 0) is 49.4 Å². The average Bonchev–Trinajstić information content (AvgIpc) is 2.94. The number of nitrogens with zero attached hydrogens (tertiary/aromatic N) is 1. The van der Waals surface area contributed by atoms with Gasteiger partial charge >= 0.3 is 5.97 Å². The summed E-state index contributed by atoms with van der Waals surface area (Å²) in [5.74, 6) is -5.25. The van der Waals surface area contributed by atoms with Crippen molar-refractivity contribution < 1.29 is 34.2 Å². The molecule has 8 N–H and O–H groups in total. The van der Waals surface area contributed by atoms with Gasteiger partial charge in [-0.3, -0.25) is 24.1 Å². The fourth-order valence-corrected chi connectivity index (χ4v) is 4.30. The fraction of sp³-hybridized carbons (Fsp3) is 0.433. The molecule has 0 aliphatic heterocycles. The van der Waals surface area contributed by atoms with Crippen LogP contribution in [0.3, 0.4) is 0 Å². The average molecular weight is 616 g/mol. The Balaban J connectivity index is 2.51. The molecule has 4 amide bonds. The molecule has 2 aromatic rings. The number of nitrogens with two attached hydrogens (primary N) is 2. The van der Waals surface area contributed by atoms with Gasteiger partial charge in [0.1, 0.15) is 17.8 Å². The summed E-state index contributed by atoms with van der Waals surface area (Å²) < 4.78 is -0.923. The molecular formula is C30H41N5O7S. The number of imide groups is 1. The standard InChI is InChI=1S/C30H41N5O7S/c1-17(2)24(29(41)42)34-26(38)22(15-18-8-6-5-7-9-18)35(23(37)16-33-27(39)25(32)30(3,4)43)28(40)21(31)14-19-10-12-20(36)13-11-19/h5-13,17,21-22,24-25,36,43H,14-16,31-32H2,1-4H3,(H,33,39)(H,34,38)(H,41,42). The smallest absolute Gasteiger partial charge is 0.326 e. The van der Waals surface area contributed by atoms with Crippen LogP contribution < -0.4 is 22.1 Å². The summed E-state index contributed by atoms with van der Waals surface area (Å²) in [5.41, 5.74) is 13.4. The molecular weight excluding hydrogens is 574 g/mol. The normalized spacial score (nSPS) is 14.2. The lowest BCUT2D eigenvalue weighted by atomic mass is 9.99. The van der Waals surface area contributed by atoms with Crippen molar-refractivity contribution in [3.05, 3.63) is 65.7 Å². The molecule has 234 valence electrons. The molecule has 0 spiro atoms. The SMILES string of the molecule is CC(C)C(NC(=O)C(Cc1ccccc1)N(C(=O)CNC(=O)C(N)C(C)(C)S)C(=O)C(N)Cc1ccc(O)cc1)C(=O)O. The zero-order valence-corrected chi connectivity index (χ0v) is 25.6. The third-order valence-corrected chi connectivity index (χ3v) is 7.07. The molecule has 0 aliphatic carbocycles. The summed E-state index contributed by atoms with van der Waals surface area (Å²) in [6.07, 6.45) is -0.199. The van der Waals surface area contributed by atoms with Crippen LogP contribution in [0, 0.1) is 5.92 Å². The lowest BCUT2D eigenvalue weighted by Crippen LogP contribution is -2.61. The second-order valence-electron chi connectivity index (χ2n) is 11.2. The van der Waals surface area contributed by atoms with E-state index in [1.807, 2.05) is 0 Å². The van der Waals surface area contributed by atoms with Crippen LogP contribution in [-0.2, 0) is 36.8 Å². The van der Waals surface area contributed by atoms with E-state index in [1.165, 1.54) is 12.1 Å². The monoisotopic (exact) mass is 615 g/mol. The molecule has 0 saturated carbocycles. The van der Waals surface area contributed by atoms with Gasteiger partial charge in [0.05, 0.1) is 18.6 Å². The molecule has 0 aliphatic rings. The van der Waals surface area contributed by atoms with Gasteiger partial charge in [0.2, 0.25) is 23.6 Å². The molecule has 13 heteroatoms. The molecule has 0 fully saturated rings. The summed E-state index contributed by atoms with van der Waals surface area (Å²) in [5, 5.41) is 24.1. The van der Waals surface area contributed by atoms with Crippen LogP contribution in [0.15, 0.2) is 54.6 Å². The van der Waals surface area contributed by atoms with E-state index in [-0.39, 0.29) is 18.6 Å². The molecule has 43 heavy (non-hydrogen) atoms. The van der Waals surface area contributed by atoms with Crippen LogP contribution in [0.1, 0.15) is 38.8 Å². The minimum absolute atomic E-state index is 0.0107. The molecule has 2 aromatic carbocycles. The van der Waals surface area contributed by atoms with E-state index in [2.05, 4.69) is 23.3 Å². The molecule has 4 atom stereocenters. The number of carboxylic acid groups (broad SMARTS) is 1. The van der Waals surface area contributed by atoms with Gasteiger partial charge in [0.25, 0.3) is 0 Å². The number of nitrogens with one attached hydrogen (secondary N) is 2. The number of carbonyl (C=O) groups is 5. The van der Waals surface area contributed by atoms with Gasteiger partial charge in [-0.2, -0.15) is 12.6 Å². The first-order valence-corrected chi connectivity index (χ1v) is 14.2. The third-order valence-electron chi connectivity index (χ3n) is 6.79. The maximum Gasteiger partial charge on any atom is 0.326 e. The summed E-state index contributed by atoms with van der Waals surface area (Å²) in [4.78, 5) is 66.5. The van der Waals surface area contributed by atoms with E-state index in [1.54, 1.807) is 70.2 Å². The van der Waals surface area contributed by atoms with Crippen molar-refractivity contribution in [1.29, 1.82) is 0 Å². The fourth-order valence-electron chi connectivity index (χ4n) is 4.18. The Morgan fingerprint density at radius 1 is 0.907 bits per heavy atom. The minimum Gasteiger partial charge on any atom is -0.508 e. The Bertz CT molecular complexity index is 1280. The van der Waals surface area contributed by atoms with E-state index in [4.69, 9.17) is 11.5 Å². The maximum absolute atomic E-state index is 13.9. The topological polar surface area (TPSA) is 205 Å².